The van der Waals surface area contributed by atoms with Gasteiger partial charge in [-0.05, 0) is 24.3 Å². The molecule has 3 rings (SSSR count). The number of hydrogen-bond acceptors (Lipinski definition) is 4. The third-order valence-electron chi connectivity index (χ3n) is 5.00. The van der Waals surface area contributed by atoms with Crippen LogP contribution in [-0.4, -0.2) is 61.9 Å². The third kappa shape index (κ3) is 6.24. The number of nitrogens with one attached hydrogen (secondary N) is 2. The van der Waals surface area contributed by atoms with Gasteiger partial charge in [0.25, 0.3) is 5.91 Å². The number of amides is 3. The van der Waals surface area contributed by atoms with Crippen LogP contribution in [-0.2, 0) is 9.59 Å². The van der Waals surface area contributed by atoms with E-state index in [0.717, 1.165) is 30.9 Å². The van der Waals surface area contributed by atoms with Crippen LogP contribution < -0.4 is 15.5 Å². The van der Waals surface area contributed by atoms with E-state index in [2.05, 4.69) is 15.5 Å². The van der Waals surface area contributed by atoms with Crippen molar-refractivity contribution in [3.8, 4) is 0 Å². The van der Waals surface area contributed by atoms with Crippen molar-refractivity contribution in [1.29, 1.82) is 0 Å². The molecule has 2 N–H and O–H groups in total. The van der Waals surface area contributed by atoms with Gasteiger partial charge in [-0.3, -0.25) is 14.4 Å². The van der Waals surface area contributed by atoms with Crippen molar-refractivity contribution in [2.45, 2.75) is 6.42 Å². The van der Waals surface area contributed by atoms with Crippen molar-refractivity contribution in [3.63, 3.8) is 0 Å². The highest BCUT2D eigenvalue weighted by atomic mass is 19.1. The summed E-state index contributed by atoms with van der Waals surface area (Å²) in [5, 5.41) is 4.93. The first kappa shape index (κ1) is 22.2. The molecular weight excluding hydrogens is 406 g/mol. The fourth-order valence-electron chi connectivity index (χ4n) is 3.29. The molecule has 2 aromatic rings. The standard InChI is InChI=1S/C22H24F2N4O3/c23-16-6-7-18(19(24)14-16)22(31)25-9-8-20(29)26-15-21(30)28-12-10-27(11-13-28)17-4-2-1-3-5-17/h1-7,14H,8-13,15H2,(H,25,31)(H,26,29). The first-order valence-electron chi connectivity index (χ1n) is 10.0. The Balaban J connectivity index is 1.34. The SMILES string of the molecule is O=C(CCNC(=O)c1ccc(F)cc1F)NCC(=O)N1CCN(c2ccccc2)CC1. The number of piperazine rings is 1. The minimum atomic E-state index is -0.972. The maximum Gasteiger partial charge on any atom is 0.254 e. The molecule has 0 radical (unpaired) electrons. The average Bonchev–Trinajstić information content (AvgIpc) is 2.78. The van der Waals surface area contributed by atoms with Gasteiger partial charge in [0, 0.05) is 50.9 Å². The van der Waals surface area contributed by atoms with Gasteiger partial charge < -0.3 is 20.4 Å². The van der Waals surface area contributed by atoms with Crippen LogP contribution in [0.25, 0.3) is 0 Å². The monoisotopic (exact) mass is 430 g/mol. The molecule has 0 spiro atoms. The number of hydrogen-bond donors (Lipinski definition) is 2. The number of halogens is 2. The van der Waals surface area contributed by atoms with Gasteiger partial charge in [-0.2, -0.15) is 0 Å². The fourth-order valence-corrected chi connectivity index (χ4v) is 3.29. The smallest absolute Gasteiger partial charge is 0.254 e. The van der Waals surface area contributed by atoms with Crippen molar-refractivity contribution < 1.29 is 23.2 Å². The Labute approximate surface area is 179 Å². The van der Waals surface area contributed by atoms with E-state index >= 15 is 0 Å². The second-order valence-electron chi connectivity index (χ2n) is 7.11. The Morgan fingerprint density at radius 2 is 1.61 bits per heavy atom. The molecule has 164 valence electrons. The van der Waals surface area contributed by atoms with Gasteiger partial charge in [-0.1, -0.05) is 18.2 Å². The van der Waals surface area contributed by atoms with Crippen LogP contribution >= 0.6 is 0 Å². The summed E-state index contributed by atoms with van der Waals surface area (Å²) in [5.74, 6) is -3.06. The third-order valence-corrected chi connectivity index (χ3v) is 5.00. The van der Waals surface area contributed by atoms with Crippen molar-refractivity contribution in [2.24, 2.45) is 0 Å². The van der Waals surface area contributed by atoms with Crippen molar-refractivity contribution in [1.82, 2.24) is 15.5 Å². The molecule has 1 aliphatic rings. The zero-order valence-electron chi connectivity index (χ0n) is 16.9. The molecule has 0 atom stereocenters. The fraction of sp³-hybridized carbons (Fsp3) is 0.318. The maximum absolute atomic E-state index is 13.6. The number of nitrogens with zero attached hydrogens (tertiary/aromatic N) is 2. The Morgan fingerprint density at radius 3 is 2.29 bits per heavy atom. The molecule has 0 bridgehead atoms. The summed E-state index contributed by atoms with van der Waals surface area (Å²) in [6.07, 6.45) is -0.0659. The zero-order chi connectivity index (χ0) is 22.2. The average molecular weight is 430 g/mol. The van der Waals surface area contributed by atoms with Crippen LogP contribution in [0.4, 0.5) is 14.5 Å². The second kappa shape index (κ2) is 10.5. The van der Waals surface area contributed by atoms with Crippen LogP contribution in [0.3, 0.4) is 0 Å². The minimum absolute atomic E-state index is 0.0363. The van der Waals surface area contributed by atoms with Gasteiger partial charge in [0.2, 0.25) is 11.8 Å². The summed E-state index contributed by atoms with van der Waals surface area (Å²) in [7, 11) is 0. The van der Waals surface area contributed by atoms with E-state index < -0.39 is 23.4 Å². The molecule has 0 aliphatic carbocycles. The number of rotatable bonds is 7. The van der Waals surface area contributed by atoms with Gasteiger partial charge >= 0.3 is 0 Å². The predicted octanol–water partition coefficient (Wildman–Crippen LogP) is 1.55. The number of carbonyl (C=O) groups is 3. The number of para-hydroxylation sites is 1. The van der Waals surface area contributed by atoms with Gasteiger partial charge in [0.1, 0.15) is 11.6 Å². The largest absolute Gasteiger partial charge is 0.368 e. The quantitative estimate of drug-likeness (QED) is 0.699. The summed E-state index contributed by atoms with van der Waals surface area (Å²) in [4.78, 5) is 40.1. The molecule has 3 amide bonds. The van der Waals surface area contributed by atoms with E-state index in [1.165, 1.54) is 0 Å². The van der Waals surface area contributed by atoms with E-state index in [4.69, 9.17) is 0 Å². The molecule has 1 saturated heterocycles. The van der Waals surface area contributed by atoms with Crippen molar-refractivity contribution in [3.05, 3.63) is 65.7 Å². The van der Waals surface area contributed by atoms with Gasteiger partial charge in [-0.25, -0.2) is 8.78 Å². The van der Waals surface area contributed by atoms with E-state index in [1.54, 1.807) is 4.90 Å². The Bertz CT molecular complexity index is 932. The molecule has 1 aliphatic heterocycles. The Morgan fingerprint density at radius 1 is 0.903 bits per heavy atom. The summed E-state index contributed by atoms with van der Waals surface area (Å²) >= 11 is 0. The number of benzene rings is 2. The van der Waals surface area contributed by atoms with Crippen LogP contribution in [0.1, 0.15) is 16.8 Å². The lowest BCUT2D eigenvalue weighted by atomic mass is 10.2. The van der Waals surface area contributed by atoms with Crippen LogP contribution in [0.2, 0.25) is 0 Å². The minimum Gasteiger partial charge on any atom is -0.368 e. The summed E-state index contributed by atoms with van der Waals surface area (Å²) in [6, 6.07) is 12.6. The molecule has 0 aromatic heterocycles. The van der Waals surface area contributed by atoms with Gasteiger partial charge in [0.05, 0.1) is 12.1 Å². The summed E-state index contributed by atoms with van der Waals surface area (Å²) < 4.78 is 26.5. The Hall–Kier alpha value is -3.49. The van der Waals surface area contributed by atoms with Crippen LogP contribution in [0, 0.1) is 11.6 Å². The highest BCUT2D eigenvalue weighted by Crippen LogP contribution is 2.15. The van der Waals surface area contributed by atoms with Crippen molar-refractivity contribution >= 4 is 23.4 Å². The van der Waals surface area contributed by atoms with Crippen LogP contribution in [0.15, 0.2) is 48.5 Å². The highest BCUT2D eigenvalue weighted by molar-refractivity contribution is 5.94. The molecule has 2 aromatic carbocycles. The normalized spacial score (nSPS) is 13.6. The van der Waals surface area contributed by atoms with Crippen molar-refractivity contribution in [2.75, 3.05) is 44.2 Å². The predicted molar refractivity (Wildman–Crippen MR) is 112 cm³/mol. The molecule has 7 nitrogen and oxygen atoms in total. The molecule has 0 saturated carbocycles. The van der Waals surface area contributed by atoms with E-state index in [1.807, 2.05) is 30.3 Å². The molecule has 1 heterocycles. The summed E-state index contributed by atoms with van der Waals surface area (Å²) in [5.41, 5.74) is 0.817. The Kier molecular flexibility index (Phi) is 7.53. The molecular formula is C22H24F2N4O3. The molecule has 1 fully saturated rings. The van der Waals surface area contributed by atoms with E-state index in [-0.39, 0.29) is 31.0 Å². The van der Waals surface area contributed by atoms with Crippen LogP contribution in [0.5, 0.6) is 0 Å². The lowest BCUT2D eigenvalue weighted by Gasteiger charge is -2.36. The lowest BCUT2D eigenvalue weighted by molar-refractivity contribution is -0.133. The topological polar surface area (TPSA) is 81.8 Å². The second-order valence-corrected chi connectivity index (χ2v) is 7.11. The lowest BCUT2D eigenvalue weighted by Crippen LogP contribution is -2.51. The number of anilines is 1. The zero-order valence-corrected chi connectivity index (χ0v) is 16.9. The molecule has 31 heavy (non-hydrogen) atoms. The highest BCUT2D eigenvalue weighted by Gasteiger charge is 2.21. The van der Waals surface area contributed by atoms with E-state index in [9.17, 15) is 23.2 Å². The van der Waals surface area contributed by atoms with Gasteiger partial charge in [0.15, 0.2) is 0 Å². The summed E-state index contributed by atoms with van der Waals surface area (Å²) in [6.45, 7) is 2.42. The van der Waals surface area contributed by atoms with Gasteiger partial charge in [-0.15, -0.1) is 0 Å². The van der Waals surface area contributed by atoms with E-state index in [0.29, 0.717) is 19.2 Å². The number of carbonyl (C=O) groups excluding carboxylic acids is 3. The molecule has 9 heteroatoms. The first-order valence-corrected chi connectivity index (χ1v) is 10.0. The first-order chi connectivity index (χ1) is 14.9. The maximum atomic E-state index is 13.6. The molecule has 0 unspecified atom stereocenters.